The maximum Gasteiger partial charge on any atom is 0.198 e. The van der Waals surface area contributed by atoms with Crippen molar-refractivity contribution >= 4 is 22.6 Å². The van der Waals surface area contributed by atoms with E-state index in [0.717, 1.165) is 9.99 Å². The second-order valence-electron chi connectivity index (χ2n) is 4.79. The van der Waals surface area contributed by atoms with Crippen LogP contribution in [0, 0.1) is 15.2 Å². The third kappa shape index (κ3) is 4.14. The number of rotatable bonds is 5. The van der Waals surface area contributed by atoms with Crippen LogP contribution in [0.25, 0.3) is 0 Å². The quantitative estimate of drug-likeness (QED) is 0.739. The smallest absolute Gasteiger partial charge is 0.198 e. The van der Waals surface area contributed by atoms with Crippen molar-refractivity contribution in [3.05, 3.63) is 57.2 Å². The van der Waals surface area contributed by atoms with Gasteiger partial charge in [-0.3, -0.25) is 0 Å². The highest BCUT2D eigenvalue weighted by atomic mass is 127. The van der Waals surface area contributed by atoms with Gasteiger partial charge in [0.15, 0.2) is 17.4 Å². The van der Waals surface area contributed by atoms with Crippen LogP contribution < -0.4 is 10.5 Å². The Kier molecular flexibility index (Phi) is 5.52. The molecule has 1 atom stereocenters. The number of nitrogens with two attached hydrogens (primary N) is 1. The van der Waals surface area contributed by atoms with Crippen molar-refractivity contribution < 1.29 is 13.5 Å². The van der Waals surface area contributed by atoms with Gasteiger partial charge in [-0.25, -0.2) is 8.78 Å². The first-order valence-electron chi connectivity index (χ1n) is 6.67. The van der Waals surface area contributed by atoms with Gasteiger partial charge < -0.3 is 10.5 Å². The number of hydrogen-bond donors (Lipinski definition) is 1. The normalized spacial score (nSPS) is 12.2. The average Bonchev–Trinajstić information content (AvgIpc) is 2.44. The van der Waals surface area contributed by atoms with Crippen molar-refractivity contribution in [3.8, 4) is 11.5 Å². The molecule has 21 heavy (non-hydrogen) atoms. The first-order valence-corrected chi connectivity index (χ1v) is 7.75. The largest absolute Gasteiger partial charge is 0.450 e. The second kappa shape index (κ2) is 7.17. The van der Waals surface area contributed by atoms with E-state index in [-0.39, 0.29) is 11.8 Å². The highest BCUT2D eigenvalue weighted by Gasteiger charge is 2.15. The first-order chi connectivity index (χ1) is 10.0. The molecule has 1 unspecified atom stereocenters. The van der Waals surface area contributed by atoms with E-state index in [1.165, 1.54) is 12.1 Å². The minimum Gasteiger partial charge on any atom is -0.450 e. The lowest BCUT2D eigenvalue weighted by atomic mass is 10.0. The molecule has 0 saturated carbocycles. The van der Waals surface area contributed by atoms with Crippen molar-refractivity contribution in [3.63, 3.8) is 0 Å². The maximum absolute atomic E-state index is 14.1. The predicted octanol–water partition coefficient (Wildman–Crippen LogP) is 4.64. The number of hydrogen-bond acceptors (Lipinski definition) is 2. The Labute approximate surface area is 136 Å². The molecule has 0 aliphatic rings. The molecule has 0 radical (unpaired) electrons. The predicted molar refractivity (Wildman–Crippen MR) is 87.6 cm³/mol. The fourth-order valence-corrected chi connectivity index (χ4v) is 2.41. The van der Waals surface area contributed by atoms with Crippen LogP contribution in [0.3, 0.4) is 0 Å². The summed E-state index contributed by atoms with van der Waals surface area (Å²) in [6.07, 6.45) is 1.19. The summed E-state index contributed by atoms with van der Waals surface area (Å²) in [7, 11) is 0. The van der Waals surface area contributed by atoms with Gasteiger partial charge in [0.25, 0.3) is 0 Å². The van der Waals surface area contributed by atoms with E-state index in [9.17, 15) is 8.78 Å². The van der Waals surface area contributed by atoms with E-state index in [4.69, 9.17) is 10.5 Å². The lowest BCUT2D eigenvalue weighted by Crippen LogP contribution is -2.21. The Morgan fingerprint density at radius 2 is 1.81 bits per heavy atom. The Bertz CT molecular complexity index is 610. The monoisotopic (exact) mass is 403 g/mol. The van der Waals surface area contributed by atoms with Gasteiger partial charge in [-0.2, -0.15) is 0 Å². The number of ether oxygens (including phenoxy) is 1. The summed E-state index contributed by atoms with van der Waals surface area (Å²) in [6, 6.07) is 9.51. The molecule has 2 nitrogen and oxygen atoms in total. The van der Waals surface area contributed by atoms with Gasteiger partial charge in [-0.05, 0) is 65.3 Å². The van der Waals surface area contributed by atoms with Crippen molar-refractivity contribution in [1.82, 2.24) is 0 Å². The standard InChI is InChI=1S/C16H16F2INO/c1-2-11(20)7-10-8-12(17)16(13(18)9-10)21-15-6-4-3-5-14(15)19/h3-6,8-9,11H,2,7,20H2,1H3. The molecule has 0 aromatic heterocycles. The summed E-state index contributed by atoms with van der Waals surface area (Å²) in [6.45, 7) is 1.94. The molecule has 2 rings (SSSR count). The number of para-hydroxylation sites is 1. The minimum absolute atomic E-state index is 0.106. The summed E-state index contributed by atoms with van der Waals surface area (Å²) in [5.74, 6) is -1.39. The lowest BCUT2D eigenvalue weighted by molar-refractivity contribution is 0.404. The van der Waals surface area contributed by atoms with Gasteiger partial charge in [0.1, 0.15) is 5.75 Å². The van der Waals surface area contributed by atoms with Crippen LogP contribution in [0.5, 0.6) is 11.5 Å². The molecule has 0 aliphatic carbocycles. The fourth-order valence-electron chi connectivity index (χ4n) is 1.91. The molecular weight excluding hydrogens is 387 g/mol. The van der Waals surface area contributed by atoms with E-state index < -0.39 is 11.6 Å². The SMILES string of the molecule is CCC(N)Cc1cc(F)c(Oc2ccccc2I)c(F)c1. The van der Waals surface area contributed by atoms with Crippen molar-refractivity contribution in [2.75, 3.05) is 0 Å². The van der Waals surface area contributed by atoms with Crippen molar-refractivity contribution in [2.45, 2.75) is 25.8 Å². The van der Waals surface area contributed by atoms with Crippen LogP contribution in [0.15, 0.2) is 36.4 Å². The van der Waals surface area contributed by atoms with Crippen LogP contribution in [0.4, 0.5) is 8.78 Å². The zero-order chi connectivity index (χ0) is 15.4. The molecule has 0 fully saturated rings. The highest BCUT2D eigenvalue weighted by molar-refractivity contribution is 14.1. The van der Waals surface area contributed by atoms with Gasteiger partial charge in [0.05, 0.1) is 3.57 Å². The lowest BCUT2D eigenvalue weighted by Gasteiger charge is -2.13. The van der Waals surface area contributed by atoms with E-state index >= 15 is 0 Å². The van der Waals surface area contributed by atoms with Crippen LogP contribution >= 0.6 is 22.6 Å². The molecule has 0 aliphatic heterocycles. The topological polar surface area (TPSA) is 35.2 Å². The molecule has 2 N–H and O–H groups in total. The van der Waals surface area contributed by atoms with Crippen LogP contribution in [0.2, 0.25) is 0 Å². The van der Waals surface area contributed by atoms with Gasteiger partial charge >= 0.3 is 0 Å². The molecule has 2 aromatic rings. The Morgan fingerprint density at radius 3 is 2.38 bits per heavy atom. The highest BCUT2D eigenvalue weighted by Crippen LogP contribution is 2.31. The summed E-state index contributed by atoms with van der Waals surface area (Å²) >= 11 is 2.05. The molecule has 0 heterocycles. The van der Waals surface area contributed by atoms with E-state index in [0.29, 0.717) is 17.7 Å². The Morgan fingerprint density at radius 1 is 1.19 bits per heavy atom. The van der Waals surface area contributed by atoms with E-state index in [2.05, 4.69) is 22.6 Å². The maximum atomic E-state index is 14.1. The summed E-state index contributed by atoms with van der Waals surface area (Å²) in [5.41, 5.74) is 6.35. The zero-order valence-corrected chi connectivity index (χ0v) is 13.7. The van der Waals surface area contributed by atoms with Crippen LogP contribution in [-0.2, 0) is 6.42 Å². The first kappa shape index (κ1) is 16.2. The van der Waals surface area contributed by atoms with E-state index in [1.807, 2.05) is 13.0 Å². The fraction of sp³-hybridized carbons (Fsp3) is 0.250. The van der Waals surface area contributed by atoms with E-state index in [1.54, 1.807) is 18.2 Å². The van der Waals surface area contributed by atoms with Gasteiger partial charge in [0.2, 0.25) is 0 Å². The molecule has 5 heteroatoms. The average molecular weight is 403 g/mol. The third-order valence-electron chi connectivity index (χ3n) is 3.13. The van der Waals surface area contributed by atoms with Gasteiger partial charge in [-0.15, -0.1) is 0 Å². The number of benzene rings is 2. The third-order valence-corrected chi connectivity index (χ3v) is 4.02. The van der Waals surface area contributed by atoms with Gasteiger partial charge in [-0.1, -0.05) is 19.1 Å². The molecule has 0 amide bonds. The summed E-state index contributed by atoms with van der Waals surface area (Å²) < 4.78 is 34.3. The van der Waals surface area contributed by atoms with Crippen molar-refractivity contribution in [1.29, 1.82) is 0 Å². The summed E-state index contributed by atoms with van der Waals surface area (Å²) in [5, 5.41) is 0. The molecule has 0 saturated heterocycles. The Balaban J connectivity index is 2.27. The van der Waals surface area contributed by atoms with Crippen molar-refractivity contribution in [2.24, 2.45) is 5.73 Å². The molecule has 0 spiro atoms. The zero-order valence-electron chi connectivity index (χ0n) is 11.6. The molecule has 2 aromatic carbocycles. The Hall–Kier alpha value is -1.21. The minimum atomic E-state index is -0.715. The van der Waals surface area contributed by atoms with Crippen LogP contribution in [-0.4, -0.2) is 6.04 Å². The number of halogens is 3. The summed E-state index contributed by atoms with van der Waals surface area (Å²) in [4.78, 5) is 0. The van der Waals surface area contributed by atoms with Gasteiger partial charge in [0, 0.05) is 6.04 Å². The second-order valence-corrected chi connectivity index (χ2v) is 5.96. The molecule has 0 bridgehead atoms. The molecular formula is C16H16F2INO. The van der Waals surface area contributed by atoms with Crippen LogP contribution in [0.1, 0.15) is 18.9 Å². The molecule has 112 valence electrons.